The normalized spacial score (nSPS) is 11.5. The SMILES string of the molecule is Cc1cc(C)c2cc(CN(Cc3cccs3)Cc3nnnn3CCc3ccccc3)c(=O)[nH]c2c1. The van der Waals surface area contributed by atoms with Crippen LogP contribution in [0.2, 0.25) is 0 Å². The van der Waals surface area contributed by atoms with Gasteiger partial charge in [-0.25, -0.2) is 4.68 Å². The molecule has 0 saturated carbocycles. The Hall–Kier alpha value is -3.62. The van der Waals surface area contributed by atoms with Crippen LogP contribution >= 0.6 is 11.3 Å². The molecule has 0 bridgehead atoms. The average molecular weight is 485 g/mol. The molecule has 0 aliphatic carbocycles. The number of tetrazole rings is 1. The Kier molecular flexibility index (Phi) is 6.83. The number of aryl methyl sites for hydroxylation is 4. The number of fused-ring (bicyclic) bond motifs is 1. The predicted molar refractivity (Wildman–Crippen MR) is 139 cm³/mol. The summed E-state index contributed by atoms with van der Waals surface area (Å²) in [5, 5.41) is 15.6. The third-order valence-corrected chi connectivity index (χ3v) is 7.03. The van der Waals surface area contributed by atoms with Crippen LogP contribution in [-0.2, 0) is 32.6 Å². The lowest BCUT2D eigenvalue weighted by Gasteiger charge is -2.21. The van der Waals surface area contributed by atoms with Gasteiger partial charge >= 0.3 is 0 Å². The molecule has 0 aliphatic heterocycles. The summed E-state index contributed by atoms with van der Waals surface area (Å²) in [6.45, 7) is 6.60. The fourth-order valence-electron chi connectivity index (χ4n) is 4.45. The van der Waals surface area contributed by atoms with Crippen molar-refractivity contribution >= 4 is 22.2 Å². The zero-order valence-corrected chi connectivity index (χ0v) is 20.8. The monoisotopic (exact) mass is 484 g/mol. The average Bonchev–Trinajstić information content (AvgIpc) is 3.51. The van der Waals surface area contributed by atoms with Gasteiger partial charge in [-0.1, -0.05) is 42.5 Å². The van der Waals surface area contributed by atoms with Crippen molar-refractivity contribution in [1.82, 2.24) is 30.1 Å². The van der Waals surface area contributed by atoms with E-state index < -0.39 is 0 Å². The van der Waals surface area contributed by atoms with Crippen LogP contribution in [-0.4, -0.2) is 30.1 Å². The van der Waals surface area contributed by atoms with Crippen molar-refractivity contribution < 1.29 is 0 Å². The minimum Gasteiger partial charge on any atom is -0.322 e. The lowest BCUT2D eigenvalue weighted by atomic mass is 10.0. The summed E-state index contributed by atoms with van der Waals surface area (Å²) in [5.41, 5.74) is 5.11. The van der Waals surface area contributed by atoms with Gasteiger partial charge in [0, 0.05) is 41.0 Å². The van der Waals surface area contributed by atoms with Gasteiger partial charge in [0.1, 0.15) is 0 Å². The molecule has 0 atom stereocenters. The third kappa shape index (κ3) is 5.55. The quantitative estimate of drug-likeness (QED) is 0.330. The first-order valence-corrected chi connectivity index (χ1v) is 12.6. The first-order chi connectivity index (χ1) is 17.0. The van der Waals surface area contributed by atoms with E-state index >= 15 is 0 Å². The van der Waals surface area contributed by atoms with Gasteiger partial charge in [-0.2, -0.15) is 0 Å². The van der Waals surface area contributed by atoms with Crippen LogP contribution in [0.3, 0.4) is 0 Å². The van der Waals surface area contributed by atoms with E-state index in [0.717, 1.165) is 39.8 Å². The van der Waals surface area contributed by atoms with E-state index in [-0.39, 0.29) is 5.56 Å². The molecule has 0 spiro atoms. The van der Waals surface area contributed by atoms with Gasteiger partial charge in [0.15, 0.2) is 5.82 Å². The van der Waals surface area contributed by atoms with Crippen molar-refractivity contribution in [3.05, 3.63) is 109 Å². The first-order valence-electron chi connectivity index (χ1n) is 11.7. The van der Waals surface area contributed by atoms with Gasteiger partial charge in [0.2, 0.25) is 0 Å². The largest absolute Gasteiger partial charge is 0.322 e. The van der Waals surface area contributed by atoms with E-state index in [1.165, 1.54) is 10.4 Å². The number of pyridine rings is 1. The molecule has 8 heteroatoms. The summed E-state index contributed by atoms with van der Waals surface area (Å²) in [6.07, 6.45) is 0.854. The number of H-pyrrole nitrogens is 1. The molecule has 7 nitrogen and oxygen atoms in total. The number of aromatic nitrogens is 5. The molecule has 35 heavy (non-hydrogen) atoms. The number of aromatic amines is 1. The number of nitrogens with zero attached hydrogens (tertiary/aromatic N) is 5. The Labute approximate surface area is 208 Å². The molecule has 5 rings (SSSR count). The summed E-state index contributed by atoms with van der Waals surface area (Å²) in [5.74, 6) is 0.793. The van der Waals surface area contributed by atoms with E-state index in [1.807, 2.05) is 41.9 Å². The zero-order chi connectivity index (χ0) is 24.2. The maximum Gasteiger partial charge on any atom is 0.252 e. The van der Waals surface area contributed by atoms with Crippen molar-refractivity contribution in [3.63, 3.8) is 0 Å². The summed E-state index contributed by atoms with van der Waals surface area (Å²) in [6, 6.07) is 20.7. The second-order valence-electron chi connectivity index (χ2n) is 8.95. The number of hydrogen-bond acceptors (Lipinski definition) is 6. The fraction of sp³-hybridized carbons (Fsp3) is 0.259. The Bertz CT molecular complexity index is 1470. The van der Waals surface area contributed by atoms with E-state index in [1.54, 1.807) is 11.3 Å². The summed E-state index contributed by atoms with van der Waals surface area (Å²) in [4.78, 5) is 19.6. The summed E-state index contributed by atoms with van der Waals surface area (Å²) >= 11 is 1.71. The van der Waals surface area contributed by atoms with Crippen LogP contribution in [0.4, 0.5) is 0 Å². The Balaban J connectivity index is 1.40. The molecule has 3 aromatic heterocycles. The molecule has 0 saturated heterocycles. The number of thiophene rings is 1. The molecule has 178 valence electrons. The van der Waals surface area contributed by atoms with Crippen LogP contribution in [0.25, 0.3) is 10.9 Å². The number of rotatable bonds is 9. The highest BCUT2D eigenvalue weighted by Crippen LogP contribution is 2.21. The van der Waals surface area contributed by atoms with Crippen LogP contribution in [0.5, 0.6) is 0 Å². The minimum atomic E-state index is -0.0534. The van der Waals surface area contributed by atoms with Crippen molar-refractivity contribution in [2.24, 2.45) is 0 Å². The second kappa shape index (κ2) is 10.3. The van der Waals surface area contributed by atoms with Gasteiger partial charge < -0.3 is 4.98 Å². The van der Waals surface area contributed by atoms with Crippen LogP contribution in [0, 0.1) is 13.8 Å². The molecule has 2 aromatic carbocycles. The highest BCUT2D eigenvalue weighted by molar-refractivity contribution is 7.09. The van der Waals surface area contributed by atoms with Gasteiger partial charge in [0.05, 0.1) is 6.54 Å². The van der Waals surface area contributed by atoms with Crippen LogP contribution < -0.4 is 5.56 Å². The summed E-state index contributed by atoms with van der Waals surface area (Å²) in [7, 11) is 0. The lowest BCUT2D eigenvalue weighted by molar-refractivity contribution is 0.237. The standard InChI is InChI=1S/C27H28N6OS/c1-19-13-20(2)24-15-22(27(34)28-25(24)14-19)16-32(17-23-9-6-12-35-23)18-26-29-30-31-33(26)11-10-21-7-4-3-5-8-21/h3-9,12-15H,10-11,16-18H2,1-2H3,(H,28,34). The van der Waals surface area contributed by atoms with Crippen molar-refractivity contribution in [1.29, 1.82) is 0 Å². The Morgan fingerprint density at radius 3 is 2.66 bits per heavy atom. The maximum atomic E-state index is 13.0. The van der Waals surface area contributed by atoms with Gasteiger partial charge in [0.25, 0.3) is 5.56 Å². The molecule has 0 radical (unpaired) electrons. The third-order valence-electron chi connectivity index (χ3n) is 6.17. The van der Waals surface area contributed by atoms with Gasteiger partial charge in [-0.15, -0.1) is 16.4 Å². The summed E-state index contributed by atoms with van der Waals surface area (Å²) < 4.78 is 1.87. The molecular weight excluding hydrogens is 456 g/mol. The van der Waals surface area contributed by atoms with Crippen LogP contribution in [0.15, 0.2) is 70.8 Å². The molecule has 5 aromatic rings. The van der Waals surface area contributed by atoms with Gasteiger partial charge in [-0.05, 0) is 71.0 Å². The van der Waals surface area contributed by atoms with E-state index in [2.05, 4.69) is 68.0 Å². The molecule has 0 fully saturated rings. The van der Waals surface area contributed by atoms with Crippen molar-refractivity contribution in [2.75, 3.05) is 0 Å². The maximum absolute atomic E-state index is 13.0. The van der Waals surface area contributed by atoms with E-state index in [0.29, 0.717) is 26.2 Å². The smallest absolute Gasteiger partial charge is 0.252 e. The topological polar surface area (TPSA) is 79.7 Å². The first kappa shape index (κ1) is 23.1. The fourth-order valence-corrected chi connectivity index (χ4v) is 5.20. The molecule has 0 unspecified atom stereocenters. The number of hydrogen-bond donors (Lipinski definition) is 1. The molecular formula is C27H28N6OS. The van der Waals surface area contributed by atoms with E-state index in [9.17, 15) is 4.79 Å². The van der Waals surface area contributed by atoms with Crippen molar-refractivity contribution in [2.45, 2.75) is 46.4 Å². The Morgan fingerprint density at radius 1 is 1.00 bits per heavy atom. The lowest BCUT2D eigenvalue weighted by Crippen LogP contribution is -2.28. The molecule has 3 heterocycles. The highest BCUT2D eigenvalue weighted by Gasteiger charge is 2.16. The van der Waals surface area contributed by atoms with E-state index in [4.69, 9.17) is 0 Å². The van der Waals surface area contributed by atoms with Crippen LogP contribution in [0.1, 0.15) is 33.0 Å². The van der Waals surface area contributed by atoms with Crippen molar-refractivity contribution in [3.8, 4) is 0 Å². The highest BCUT2D eigenvalue weighted by atomic mass is 32.1. The predicted octanol–water partition coefficient (Wildman–Crippen LogP) is 4.64. The molecule has 1 N–H and O–H groups in total. The molecule has 0 amide bonds. The number of nitrogens with one attached hydrogen (secondary N) is 1. The Morgan fingerprint density at radius 2 is 1.86 bits per heavy atom. The minimum absolute atomic E-state index is 0.0534. The number of benzene rings is 2. The van der Waals surface area contributed by atoms with Gasteiger partial charge in [-0.3, -0.25) is 9.69 Å². The molecule has 0 aliphatic rings. The second-order valence-corrected chi connectivity index (χ2v) is 9.98. The zero-order valence-electron chi connectivity index (χ0n) is 19.9.